The Balaban J connectivity index is 1.76. The molecule has 0 saturated carbocycles. The van der Waals surface area contributed by atoms with Crippen molar-refractivity contribution in [2.24, 2.45) is 5.92 Å². The molecule has 0 spiro atoms. The Morgan fingerprint density at radius 2 is 1.96 bits per heavy atom. The lowest BCUT2D eigenvalue weighted by Gasteiger charge is -2.21. The topological polar surface area (TPSA) is 106 Å². The zero-order valence-corrected chi connectivity index (χ0v) is 15.7. The van der Waals surface area contributed by atoms with Crippen LogP contribution in [0.3, 0.4) is 0 Å². The second-order valence-corrected chi connectivity index (χ2v) is 6.73. The number of rotatable bonds is 8. The molecule has 27 heavy (non-hydrogen) atoms. The van der Waals surface area contributed by atoms with Gasteiger partial charge < -0.3 is 25.4 Å². The van der Waals surface area contributed by atoms with Gasteiger partial charge in [-0.3, -0.25) is 4.79 Å². The monoisotopic (exact) mass is 377 g/mol. The van der Waals surface area contributed by atoms with Crippen LogP contribution in [-0.4, -0.2) is 49.8 Å². The fourth-order valence-corrected chi connectivity index (χ4v) is 2.64. The predicted molar refractivity (Wildman–Crippen MR) is 100 cm³/mol. The Kier molecular flexibility index (Phi) is 8.06. The Morgan fingerprint density at radius 1 is 1.22 bits per heavy atom. The molecule has 8 nitrogen and oxygen atoms in total. The molecule has 8 heteroatoms. The van der Waals surface area contributed by atoms with Crippen LogP contribution in [0.25, 0.3) is 0 Å². The molecule has 1 aromatic rings. The summed E-state index contributed by atoms with van der Waals surface area (Å²) in [6, 6.07) is 7.51. The van der Waals surface area contributed by atoms with E-state index in [2.05, 4.69) is 16.0 Å². The maximum absolute atomic E-state index is 12.3. The lowest BCUT2D eigenvalue weighted by Crippen LogP contribution is -2.47. The summed E-state index contributed by atoms with van der Waals surface area (Å²) < 4.78 is 10.5. The van der Waals surface area contributed by atoms with Gasteiger partial charge in [0.1, 0.15) is 6.04 Å². The maximum Gasteiger partial charge on any atom is 0.329 e. The van der Waals surface area contributed by atoms with Gasteiger partial charge in [0.25, 0.3) is 5.91 Å². The fraction of sp³-hybridized carbons (Fsp3) is 0.526. The maximum atomic E-state index is 12.3. The first kappa shape index (κ1) is 20.7. The van der Waals surface area contributed by atoms with Crippen molar-refractivity contribution in [2.75, 3.05) is 25.1 Å². The van der Waals surface area contributed by atoms with Gasteiger partial charge in [0.05, 0.1) is 6.10 Å². The van der Waals surface area contributed by atoms with Crippen molar-refractivity contribution in [3.05, 3.63) is 30.3 Å². The minimum Gasteiger partial charge on any atom is -0.454 e. The first-order chi connectivity index (χ1) is 13.0. The minimum atomic E-state index is -0.861. The van der Waals surface area contributed by atoms with Crippen molar-refractivity contribution in [2.45, 2.75) is 38.8 Å². The largest absolute Gasteiger partial charge is 0.454 e. The Hall–Kier alpha value is -2.61. The summed E-state index contributed by atoms with van der Waals surface area (Å²) in [6.45, 7) is 4.29. The third kappa shape index (κ3) is 7.26. The molecule has 3 amide bonds. The molecule has 0 aromatic heterocycles. The van der Waals surface area contributed by atoms with Gasteiger partial charge in [0.2, 0.25) is 0 Å². The van der Waals surface area contributed by atoms with Crippen LogP contribution in [0.5, 0.6) is 0 Å². The van der Waals surface area contributed by atoms with E-state index < -0.39 is 30.6 Å². The molecule has 1 fully saturated rings. The Bertz CT molecular complexity index is 629. The molecule has 1 aliphatic rings. The molecule has 1 aliphatic heterocycles. The number of hydrogen-bond acceptors (Lipinski definition) is 5. The molecule has 0 radical (unpaired) electrons. The minimum absolute atomic E-state index is 0.0245. The molecule has 2 rings (SSSR count). The van der Waals surface area contributed by atoms with Gasteiger partial charge in [0, 0.05) is 18.8 Å². The van der Waals surface area contributed by atoms with E-state index in [9.17, 15) is 14.4 Å². The lowest BCUT2D eigenvalue weighted by molar-refractivity contribution is -0.151. The number of para-hydroxylation sites is 1. The zero-order chi connectivity index (χ0) is 19.6. The molecule has 148 valence electrons. The van der Waals surface area contributed by atoms with Crippen LogP contribution in [0.2, 0.25) is 0 Å². The van der Waals surface area contributed by atoms with E-state index in [-0.39, 0.29) is 12.0 Å². The van der Waals surface area contributed by atoms with Crippen LogP contribution in [0.15, 0.2) is 30.3 Å². The van der Waals surface area contributed by atoms with E-state index in [1.165, 1.54) is 0 Å². The summed E-state index contributed by atoms with van der Waals surface area (Å²) in [6.07, 6.45) is 1.93. The highest BCUT2D eigenvalue weighted by molar-refractivity contribution is 5.93. The molecule has 0 unspecified atom stereocenters. The molecule has 1 heterocycles. The Labute approximate surface area is 159 Å². The van der Waals surface area contributed by atoms with Gasteiger partial charge in [-0.25, -0.2) is 9.59 Å². The van der Waals surface area contributed by atoms with Crippen molar-refractivity contribution in [3.63, 3.8) is 0 Å². The van der Waals surface area contributed by atoms with Crippen molar-refractivity contribution in [1.82, 2.24) is 10.6 Å². The van der Waals surface area contributed by atoms with Gasteiger partial charge in [-0.2, -0.15) is 0 Å². The summed E-state index contributed by atoms with van der Waals surface area (Å²) in [4.78, 5) is 36.2. The molecular weight excluding hydrogens is 350 g/mol. The zero-order valence-electron chi connectivity index (χ0n) is 15.7. The van der Waals surface area contributed by atoms with E-state index in [0.717, 1.165) is 12.8 Å². The van der Waals surface area contributed by atoms with Gasteiger partial charge in [-0.1, -0.05) is 32.0 Å². The van der Waals surface area contributed by atoms with Crippen molar-refractivity contribution in [3.8, 4) is 0 Å². The quantitative estimate of drug-likeness (QED) is 0.598. The van der Waals surface area contributed by atoms with Crippen LogP contribution >= 0.6 is 0 Å². The van der Waals surface area contributed by atoms with E-state index >= 15 is 0 Å². The summed E-state index contributed by atoms with van der Waals surface area (Å²) in [5, 5.41) is 7.92. The van der Waals surface area contributed by atoms with Crippen LogP contribution in [-0.2, 0) is 19.1 Å². The average molecular weight is 377 g/mol. The first-order valence-electron chi connectivity index (χ1n) is 9.13. The van der Waals surface area contributed by atoms with Crippen molar-refractivity contribution in [1.29, 1.82) is 0 Å². The normalized spacial score (nSPS) is 17.2. The second kappa shape index (κ2) is 10.5. The molecule has 1 saturated heterocycles. The summed E-state index contributed by atoms with van der Waals surface area (Å²) in [7, 11) is 0. The van der Waals surface area contributed by atoms with E-state index in [4.69, 9.17) is 9.47 Å². The number of carbonyl (C=O) groups excluding carboxylic acids is 3. The number of urea groups is 1. The number of amides is 3. The highest BCUT2D eigenvalue weighted by Gasteiger charge is 2.26. The number of ether oxygens (including phenoxy) is 2. The third-order valence-corrected chi connectivity index (χ3v) is 4.14. The van der Waals surface area contributed by atoms with Crippen molar-refractivity contribution < 1.29 is 23.9 Å². The second-order valence-electron chi connectivity index (χ2n) is 6.73. The van der Waals surface area contributed by atoms with Gasteiger partial charge in [-0.05, 0) is 30.9 Å². The number of anilines is 1. The van der Waals surface area contributed by atoms with Gasteiger partial charge in [0.15, 0.2) is 6.61 Å². The SMILES string of the molecule is CC(C)[C@H](NC(=O)Nc1ccccc1)C(=O)OCC(=O)NC[C@@H]1CCCO1. The average Bonchev–Trinajstić information content (AvgIpc) is 3.16. The third-order valence-electron chi connectivity index (χ3n) is 4.14. The number of carbonyl (C=O) groups is 3. The summed E-state index contributed by atoms with van der Waals surface area (Å²) in [5.41, 5.74) is 0.611. The molecular formula is C19H27N3O5. The molecule has 1 aromatic carbocycles. The number of benzene rings is 1. The smallest absolute Gasteiger partial charge is 0.329 e. The standard InChI is InChI=1S/C19H27N3O5/c1-13(2)17(22-19(25)21-14-7-4-3-5-8-14)18(24)27-12-16(23)20-11-15-9-6-10-26-15/h3-5,7-8,13,15,17H,6,9-12H2,1-2H3,(H,20,23)(H2,21,22,25)/t15-,17-/m0/s1. The van der Waals surface area contributed by atoms with Crippen LogP contribution in [0.1, 0.15) is 26.7 Å². The molecule has 2 atom stereocenters. The van der Waals surface area contributed by atoms with Crippen LogP contribution in [0.4, 0.5) is 10.5 Å². The summed E-state index contributed by atoms with van der Waals surface area (Å²) >= 11 is 0. The van der Waals surface area contributed by atoms with E-state index in [1.807, 2.05) is 6.07 Å². The number of nitrogens with one attached hydrogen (secondary N) is 3. The van der Waals surface area contributed by atoms with Crippen LogP contribution in [0, 0.1) is 5.92 Å². The first-order valence-corrected chi connectivity index (χ1v) is 9.13. The van der Waals surface area contributed by atoms with E-state index in [1.54, 1.807) is 38.1 Å². The number of hydrogen-bond donors (Lipinski definition) is 3. The van der Waals surface area contributed by atoms with Crippen molar-refractivity contribution >= 4 is 23.6 Å². The van der Waals surface area contributed by atoms with Gasteiger partial charge in [-0.15, -0.1) is 0 Å². The Morgan fingerprint density at radius 3 is 2.59 bits per heavy atom. The van der Waals surface area contributed by atoms with Gasteiger partial charge >= 0.3 is 12.0 Å². The lowest BCUT2D eigenvalue weighted by atomic mass is 10.1. The highest BCUT2D eigenvalue weighted by atomic mass is 16.5. The fourth-order valence-electron chi connectivity index (χ4n) is 2.64. The number of esters is 1. The molecule has 0 bridgehead atoms. The predicted octanol–water partition coefficient (Wildman–Crippen LogP) is 1.67. The molecule has 0 aliphatic carbocycles. The summed E-state index contributed by atoms with van der Waals surface area (Å²) in [5.74, 6) is -1.25. The molecule has 3 N–H and O–H groups in total. The highest BCUT2D eigenvalue weighted by Crippen LogP contribution is 2.10. The van der Waals surface area contributed by atoms with E-state index in [0.29, 0.717) is 18.8 Å². The van der Waals surface area contributed by atoms with Crippen LogP contribution < -0.4 is 16.0 Å².